The Labute approximate surface area is 304 Å². The van der Waals surface area contributed by atoms with Crippen LogP contribution in [0.3, 0.4) is 0 Å². The second kappa shape index (κ2) is 12.7. The highest BCUT2D eigenvalue weighted by Crippen LogP contribution is 2.41. The average Bonchev–Trinajstić information content (AvgIpc) is 3.54. The first-order valence-electron chi connectivity index (χ1n) is 18.5. The third-order valence-corrected chi connectivity index (χ3v) is 11.0. The first-order valence-corrected chi connectivity index (χ1v) is 18.5. The fraction of sp³-hybridized carbons (Fsp3) is 0.0800. The third kappa shape index (κ3) is 5.18. The molecule has 1 heterocycles. The summed E-state index contributed by atoms with van der Waals surface area (Å²) in [6.45, 7) is 0. The molecule has 0 unspecified atom stereocenters. The summed E-state index contributed by atoms with van der Waals surface area (Å²) in [7, 11) is 0. The molecule has 248 valence electrons. The third-order valence-electron chi connectivity index (χ3n) is 11.0. The van der Waals surface area contributed by atoms with E-state index in [2.05, 4.69) is 192 Å². The Morgan fingerprint density at radius 2 is 1.17 bits per heavy atom. The summed E-state index contributed by atoms with van der Waals surface area (Å²) >= 11 is 0. The van der Waals surface area contributed by atoms with Crippen LogP contribution in [0.2, 0.25) is 0 Å². The predicted octanol–water partition coefficient (Wildman–Crippen LogP) is 13.6. The highest BCUT2D eigenvalue weighted by molar-refractivity contribution is 6.15. The molecule has 52 heavy (non-hydrogen) atoms. The van der Waals surface area contributed by atoms with Crippen LogP contribution < -0.4 is 4.90 Å². The molecule has 1 aromatic heterocycles. The summed E-state index contributed by atoms with van der Waals surface area (Å²) in [6, 6.07) is 55.8. The minimum absolute atomic E-state index is 1.01. The standard InChI is InChI=1S/C50H38N2/c1-3-13-35(14-4-1)36-23-27-41(28-24-36)51(40-17-5-2-6-18-40)42-29-25-37(26-30-42)43-31-32-49(45-20-10-9-19-44(43)45)52-48-22-12-11-21-46(48)47-33-38-15-7-8-16-39(38)34-50(47)52/h1-5,7-17,19-23,25-27,29-34H,6,18,24,28H2. The lowest BCUT2D eigenvalue weighted by Gasteiger charge is -2.32. The quantitative estimate of drug-likeness (QED) is 0.171. The fourth-order valence-electron chi connectivity index (χ4n) is 8.43. The number of hydrogen-bond donors (Lipinski definition) is 0. The van der Waals surface area contributed by atoms with Crippen molar-refractivity contribution in [3.63, 3.8) is 0 Å². The van der Waals surface area contributed by atoms with Gasteiger partial charge in [0.25, 0.3) is 0 Å². The van der Waals surface area contributed by atoms with Gasteiger partial charge in [-0.1, -0.05) is 133 Å². The summed E-state index contributed by atoms with van der Waals surface area (Å²) in [4.78, 5) is 2.50. The highest BCUT2D eigenvalue weighted by Gasteiger charge is 2.21. The normalized spacial score (nSPS) is 14.5. The van der Waals surface area contributed by atoms with Crippen LogP contribution in [-0.4, -0.2) is 4.57 Å². The van der Waals surface area contributed by atoms with Crippen molar-refractivity contribution in [3.8, 4) is 16.8 Å². The van der Waals surface area contributed by atoms with E-state index in [9.17, 15) is 0 Å². The Bertz CT molecular complexity index is 2770. The Balaban J connectivity index is 1.07. The van der Waals surface area contributed by atoms with Gasteiger partial charge in [-0.2, -0.15) is 0 Å². The topological polar surface area (TPSA) is 8.17 Å². The van der Waals surface area contributed by atoms with Crippen LogP contribution in [0.4, 0.5) is 5.69 Å². The summed E-state index contributed by atoms with van der Waals surface area (Å²) in [5.41, 5.74) is 12.8. The molecule has 0 amide bonds. The van der Waals surface area contributed by atoms with E-state index in [4.69, 9.17) is 0 Å². The summed E-state index contributed by atoms with van der Waals surface area (Å²) in [6.07, 6.45) is 15.6. The maximum atomic E-state index is 2.50. The van der Waals surface area contributed by atoms with Crippen LogP contribution in [0.25, 0.3) is 65.7 Å². The Hall–Kier alpha value is -6.38. The molecular weight excluding hydrogens is 629 g/mol. The van der Waals surface area contributed by atoms with Crippen LogP contribution in [0.1, 0.15) is 31.2 Å². The number of nitrogens with zero attached hydrogens (tertiary/aromatic N) is 2. The number of rotatable bonds is 6. The number of para-hydroxylation sites is 1. The first kappa shape index (κ1) is 30.4. The molecule has 0 saturated carbocycles. The molecule has 0 radical (unpaired) electrons. The van der Waals surface area contributed by atoms with E-state index in [1.54, 1.807) is 0 Å². The smallest absolute Gasteiger partial charge is 0.0547 e. The summed E-state index contributed by atoms with van der Waals surface area (Å²) < 4.78 is 2.46. The highest BCUT2D eigenvalue weighted by atomic mass is 15.2. The lowest BCUT2D eigenvalue weighted by Crippen LogP contribution is -2.23. The molecule has 2 heteroatoms. The lowest BCUT2D eigenvalue weighted by atomic mass is 9.94. The predicted molar refractivity (Wildman–Crippen MR) is 222 cm³/mol. The van der Waals surface area contributed by atoms with Gasteiger partial charge in [0.1, 0.15) is 0 Å². The second-order valence-electron chi connectivity index (χ2n) is 14.0. The molecular formula is C50H38N2. The van der Waals surface area contributed by atoms with E-state index in [1.807, 2.05) is 0 Å². The number of anilines is 1. The molecule has 0 N–H and O–H groups in total. The van der Waals surface area contributed by atoms with Crippen molar-refractivity contribution in [1.29, 1.82) is 0 Å². The van der Waals surface area contributed by atoms with E-state index in [-0.39, 0.29) is 0 Å². The summed E-state index contributed by atoms with van der Waals surface area (Å²) in [5, 5.41) is 7.58. The van der Waals surface area contributed by atoms with E-state index in [0.717, 1.165) is 25.7 Å². The van der Waals surface area contributed by atoms with Crippen LogP contribution in [-0.2, 0) is 0 Å². The minimum atomic E-state index is 1.01. The van der Waals surface area contributed by atoms with E-state index in [1.165, 1.54) is 88.4 Å². The van der Waals surface area contributed by atoms with Crippen molar-refractivity contribution < 1.29 is 0 Å². The Kier molecular flexibility index (Phi) is 7.46. The van der Waals surface area contributed by atoms with Crippen molar-refractivity contribution in [3.05, 3.63) is 199 Å². The van der Waals surface area contributed by atoms with Crippen molar-refractivity contribution in [2.24, 2.45) is 0 Å². The Morgan fingerprint density at radius 1 is 0.462 bits per heavy atom. The molecule has 0 saturated heterocycles. The van der Waals surface area contributed by atoms with E-state index < -0.39 is 0 Å². The zero-order valence-electron chi connectivity index (χ0n) is 29.0. The van der Waals surface area contributed by atoms with Crippen molar-refractivity contribution in [2.75, 3.05) is 4.90 Å². The Morgan fingerprint density at radius 3 is 1.94 bits per heavy atom. The summed E-state index contributed by atoms with van der Waals surface area (Å²) in [5.74, 6) is 0. The van der Waals surface area contributed by atoms with Crippen LogP contribution >= 0.6 is 0 Å². The molecule has 0 bridgehead atoms. The van der Waals surface area contributed by atoms with Gasteiger partial charge in [-0.3, -0.25) is 0 Å². The van der Waals surface area contributed by atoms with Gasteiger partial charge in [-0.15, -0.1) is 0 Å². The second-order valence-corrected chi connectivity index (χ2v) is 14.0. The fourth-order valence-corrected chi connectivity index (χ4v) is 8.43. The van der Waals surface area contributed by atoms with Gasteiger partial charge in [0.2, 0.25) is 0 Å². The number of hydrogen-bond acceptors (Lipinski definition) is 1. The zero-order valence-corrected chi connectivity index (χ0v) is 29.0. The van der Waals surface area contributed by atoms with Gasteiger partial charge in [-0.25, -0.2) is 0 Å². The van der Waals surface area contributed by atoms with Gasteiger partial charge < -0.3 is 9.47 Å². The SMILES string of the molecule is C1=CCCC(N(C2=CC=C(c3ccccc3)CC2)c2ccc(-c3ccc(-n4c5ccccc5c5cc6ccccc6cc54)c4ccccc34)cc2)=C1. The molecule has 0 aliphatic heterocycles. The van der Waals surface area contributed by atoms with E-state index in [0.29, 0.717) is 0 Å². The molecule has 0 atom stereocenters. The molecule has 8 aromatic rings. The number of aromatic nitrogens is 1. The van der Waals surface area contributed by atoms with Crippen LogP contribution in [0.5, 0.6) is 0 Å². The first-order chi connectivity index (χ1) is 25.8. The van der Waals surface area contributed by atoms with Crippen molar-refractivity contribution >= 4 is 54.6 Å². The molecule has 2 aliphatic rings. The maximum Gasteiger partial charge on any atom is 0.0547 e. The monoisotopic (exact) mass is 666 g/mol. The maximum absolute atomic E-state index is 2.50. The van der Waals surface area contributed by atoms with E-state index >= 15 is 0 Å². The zero-order chi connectivity index (χ0) is 34.4. The van der Waals surface area contributed by atoms with Crippen LogP contribution in [0, 0.1) is 0 Å². The molecule has 10 rings (SSSR count). The minimum Gasteiger partial charge on any atom is -0.318 e. The molecule has 7 aromatic carbocycles. The van der Waals surface area contributed by atoms with Crippen molar-refractivity contribution in [1.82, 2.24) is 4.57 Å². The molecule has 0 spiro atoms. The number of fused-ring (bicyclic) bond motifs is 5. The lowest BCUT2D eigenvalue weighted by molar-refractivity contribution is 0.843. The molecule has 2 nitrogen and oxygen atoms in total. The van der Waals surface area contributed by atoms with Gasteiger partial charge >= 0.3 is 0 Å². The van der Waals surface area contributed by atoms with Gasteiger partial charge in [-0.05, 0) is 113 Å². The largest absolute Gasteiger partial charge is 0.318 e. The molecule has 2 aliphatic carbocycles. The number of benzene rings is 7. The van der Waals surface area contributed by atoms with Gasteiger partial charge in [0, 0.05) is 33.2 Å². The van der Waals surface area contributed by atoms with Crippen molar-refractivity contribution in [2.45, 2.75) is 25.7 Å². The average molecular weight is 667 g/mol. The van der Waals surface area contributed by atoms with Gasteiger partial charge in [0.05, 0.1) is 16.7 Å². The van der Waals surface area contributed by atoms with Crippen LogP contribution in [0.15, 0.2) is 193 Å². The number of allylic oxidation sites excluding steroid dienone is 8. The molecule has 0 fully saturated rings. The van der Waals surface area contributed by atoms with Gasteiger partial charge in [0.15, 0.2) is 0 Å².